The van der Waals surface area contributed by atoms with Gasteiger partial charge in [0.05, 0.1) is 6.61 Å². The molecule has 0 aliphatic rings. The largest absolute Gasteiger partial charge is 0.490 e. The van der Waals surface area contributed by atoms with E-state index in [-0.39, 0.29) is 12.4 Å². The van der Waals surface area contributed by atoms with Crippen molar-refractivity contribution in [3.05, 3.63) is 34.6 Å². The van der Waals surface area contributed by atoms with Crippen LogP contribution in [0.25, 0.3) is 0 Å². The Kier molecular flexibility index (Phi) is 9.88. The number of rotatable bonds is 6. The maximum atomic E-state index is 12.9. The van der Waals surface area contributed by atoms with Gasteiger partial charge in [0.25, 0.3) is 0 Å². The highest BCUT2D eigenvalue weighted by atomic mass is 35.5. The van der Waals surface area contributed by atoms with E-state index >= 15 is 0 Å². The van der Waals surface area contributed by atoms with Crippen LogP contribution in [0.1, 0.15) is 19.4 Å². The third-order valence-corrected chi connectivity index (χ3v) is 3.40. The van der Waals surface area contributed by atoms with Gasteiger partial charge in [-0.05, 0) is 38.0 Å². The summed E-state index contributed by atoms with van der Waals surface area (Å²) in [4.78, 5) is 11.1. The quantitative estimate of drug-likeness (QED) is 0.751. The Balaban J connectivity index is 0.000000640. The standard InChI is InChI=1S/C13H19ClFNO.C2HF3O2/c1-10(2)16(7-8-17)6-5-11-3-4-12(15)9-13(11)14;3-2(4,5)1(6)7/h3-4,9-10,17H,5-8H2,1-2H3;(H,6,7). The number of hydrogen-bond acceptors (Lipinski definition) is 3. The van der Waals surface area contributed by atoms with E-state index in [2.05, 4.69) is 18.7 Å². The second-order valence-electron chi connectivity index (χ2n) is 5.14. The van der Waals surface area contributed by atoms with Gasteiger partial charge >= 0.3 is 12.1 Å². The van der Waals surface area contributed by atoms with Crippen molar-refractivity contribution in [3.63, 3.8) is 0 Å². The summed E-state index contributed by atoms with van der Waals surface area (Å²) in [7, 11) is 0. The number of aliphatic hydroxyl groups excluding tert-OH is 1. The zero-order valence-corrected chi connectivity index (χ0v) is 14.0. The molecule has 0 fully saturated rings. The lowest BCUT2D eigenvalue weighted by Crippen LogP contribution is -2.35. The van der Waals surface area contributed by atoms with Crippen molar-refractivity contribution in [1.29, 1.82) is 0 Å². The number of nitrogens with zero attached hydrogens (tertiary/aromatic N) is 1. The predicted octanol–water partition coefficient (Wildman–Crippen LogP) is 3.36. The molecule has 1 aromatic carbocycles. The molecule has 2 N–H and O–H groups in total. The van der Waals surface area contributed by atoms with Gasteiger partial charge in [0.15, 0.2) is 0 Å². The summed E-state index contributed by atoms with van der Waals surface area (Å²) in [5.41, 5.74) is 0.941. The van der Waals surface area contributed by atoms with Crippen LogP contribution in [0.4, 0.5) is 17.6 Å². The van der Waals surface area contributed by atoms with Gasteiger partial charge in [-0.2, -0.15) is 13.2 Å². The van der Waals surface area contributed by atoms with E-state index in [1.165, 1.54) is 12.1 Å². The first-order chi connectivity index (χ1) is 11.0. The molecule has 4 nitrogen and oxygen atoms in total. The van der Waals surface area contributed by atoms with Crippen LogP contribution in [0.15, 0.2) is 18.2 Å². The Morgan fingerprint density at radius 3 is 2.21 bits per heavy atom. The van der Waals surface area contributed by atoms with Gasteiger partial charge in [-0.25, -0.2) is 9.18 Å². The fourth-order valence-corrected chi connectivity index (χ4v) is 2.01. The highest BCUT2D eigenvalue weighted by molar-refractivity contribution is 6.31. The molecule has 0 aromatic heterocycles. The van der Waals surface area contributed by atoms with Gasteiger partial charge in [0.2, 0.25) is 0 Å². The van der Waals surface area contributed by atoms with Gasteiger partial charge in [-0.1, -0.05) is 17.7 Å². The number of carboxylic acids is 1. The Bertz CT molecular complexity index is 524. The van der Waals surface area contributed by atoms with Crippen LogP contribution < -0.4 is 0 Å². The lowest BCUT2D eigenvalue weighted by atomic mass is 10.1. The maximum Gasteiger partial charge on any atom is 0.490 e. The summed E-state index contributed by atoms with van der Waals surface area (Å²) >= 11 is 5.96. The predicted molar refractivity (Wildman–Crippen MR) is 82.6 cm³/mol. The number of benzene rings is 1. The van der Waals surface area contributed by atoms with E-state index in [0.717, 1.165) is 18.5 Å². The SMILES string of the molecule is CC(C)N(CCO)CCc1ccc(F)cc1Cl.O=C(O)C(F)(F)F. The average molecular weight is 374 g/mol. The lowest BCUT2D eigenvalue weighted by molar-refractivity contribution is -0.192. The molecule has 0 saturated carbocycles. The molecule has 0 atom stereocenters. The topological polar surface area (TPSA) is 60.8 Å². The van der Waals surface area contributed by atoms with Crippen molar-refractivity contribution in [2.45, 2.75) is 32.5 Å². The number of aliphatic hydroxyl groups is 1. The molecule has 1 aromatic rings. The van der Waals surface area contributed by atoms with E-state index in [4.69, 9.17) is 26.6 Å². The van der Waals surface area contributed by atoms with Gasteiger partial charge in [0.1, 0.15) is 5.82 Å². The van der Waals surface area contributed by atoms with Gasteiger partial charge in [-0.15, -0.1) is 0 Å². The number of carbonyl (C=O) groups is 1. The molecule has 0 spiro atoms. The molecule has 0 saturated heterocycles. The van der Waals surface area contributed by atoms with Gasteiger partial charge in [-0.3, -0.25) is 4.90 Å². The van der Waals surface area contributed by atoms with Crippen LogP contribution in [0.3, 0.4) is 0 Å². The maximum absolute atomic E-state index is 12.9. The minimum atomic E-state index is -5.08. The van der Waals surface area contributed by atoms with E-state index in [9.17, 15) is 17.6 Å². The summed E-state index contributed by atoms with van der Waals surface area (Å²) < 4.78 is 44.6. The third kappa shape index (κ3) is 9.05. The number of hydrogen-bond donors (Lipinski definition) is 2. The molecule has 138 valence electrons. The first-order valence-electron chi connectivity index (χ1n) is 7.08. The molecule has 0 unspecified atom stereocenters. The summed E-state index contributed by atoms with van der Waals surface area (Å²) in [5.74, 6) is -3.07. The number of alkyl halides is 3. The molecule has 0 heterocycles. The third-order valence-electron chi connectivity index (χ3n) is 3.04. The molecule has 0 aliphatic heterocycles. The molecule has 24 heavy (non-hydrogen) atoms. The van der Waals surface area contributed by atoms with Crippen molar-refractivity contribution in [3.8, 4) is 0 Å². The lowest BCUT2D eigenvalue weighted by Gasteiger charge is -2.25. The fraction of sp³-hybridized carbons (Fsp3) is 0.533. The fourth-order valence-electron chi connectivity index (χ4n) is 1.75. The van der Waals surface area contributed by atoms with Crippen molar-refractivity contribution in [2.75, 3.05) is 19.7 Å². The number of carboxylic acid groups (broad SMARTS) is 1. The van der Waals surface area contributed by atoms with Crippen molar-refractivity contribution in [1.82, 2.24) is 4.90 Å². The number of halogens is 5. The first kappa shape index (κ1) is 22.6. The van der Waals surface area contributed by atoms with E-state index in [1.807, 2.05) is 0 Å². The second kappa shape index (κ2) is 10.5. The minimum Gasteiger partial charge on any atom is -0.475 e. The Hall–Kier alpha value is -1.38. The van der Waals surface area contributed by atoms with Crippen molar-refractivity contribution < 1.29 is 32.6 Å². The normalized spacial score (nSPS) is 11.4. The van der Waals surface area contributed by atoms with Crippen molar-refractivity contribution >= 4 is 17.6 Å². The van der Waals surface area contributed by atoms with E-state index < -0.39 is 12.1 Å². The molecule has 9 heteroatoms. The van der Waals surface area contributed by atoms with Crippen LogP contribution in [0.2, 0.25) is 5.02 Å². The minimum absolute atomic E-state index is 0.148. The van der Waals surface area contributed by atoms with Gasteiger partial charge < -0.3 is 10.2 Å². The Morgan fingerprint density at radius 2 is 1.83 bits per heavy atom. The zero-order valence-electron chi connectivity index (χ0n) is 13.3. The first-order valence-corrected chi connectivity index (χ1v) is 7.45. The smallest absolute Gasteiger partial charge is 0.475 e. The zero-order chi connectivity index (χ0) is 18.9. The summed E-state index contributed by atoms with van der Waals surface area (Å²) in [5, 5.41) is 16.6. The number of aliphatic carboxylic acids is 1. The van der Waals surface area contributed by atoms with Crippen LogP contribution in [0, 0.1) is 5.82 Å². The Morgan fingerprint density at radius 1 is 1.29 bits per heavy atom. The summed E-state index contributed by atoms with van der Waals surface area (Å²) in [6, 6.07) is 4.85. The summed E-state index contributed by atoms with van der Waals surface area (Å²) in [6.45, 7) is 5.78. The summed E-state index contributed by atoms with van der Waals surface area (Å²) in [6.07, 6.45) is -4.32. The molecular formula is C15H20ClF4NO3. The van der Waals surface area contributed by atoms with Crippen LogP contribution in [-0.2, 0) is 11.2 Å². The monoisotopic (exact) mass is 373 g/mol. The average Bonchev–Trinajstić information content (AvgIpc) is 2.44. The van der Waals surface area contributed by atoms with Gasteiger partial charge in [0, 0.05) is 24.2 Å². The molecule has 0 aliphatic carbocycles. The van der Waals surface area contributed by atoms with E-state index in [0.29, 0.717) is 17.6 Å². The van der Waals surface area contributed by atoms with Crippen LogP contribution >= 0.6 is 11.6 Å². The molecular weight excluding hydrogens is 354 g/mol. The van der Waals surface area contributed by atoms with Crippen molar-refractivity contribution in [2.24, 2.45) is 0 Å². The molecule has 1 rings (SSSR count). The highest BCUT2D eigenvalue weighted by Gasteiger charge is 2.38. The second-order valence-corrected chi connectivity index (χ2v) is 5.55. The molecule has 0 bridgehead atoms. The molecule has 0 amide bonds. The highest BCUT2D eigenvalue weighted by Crippen LogP contribution is 2.18. The van der Waals surface area contributed by atoms with Crippen LogP contribution in [0.5, 0.6) is 0 Å². The van der Waals surface area contributed by atoms with Crippen LogP contribution in [-0.4, -0.2) is 53.0 Å². The Labute approximate surface area is 142 Å². The van der Waals surface area contributed by atoms with E-state index in [1.54, 1.807) is 6.07 Å². The molecule has 0 radical (unpaired) electrons.